The molecule has 1 fully saturated rings. The fraction of sp³-hybridized carbons (Fsp3) is 0.556. The van der Waals surface area contributed by atoms with Gasteiger partial charge in [0.15, 0.2) is 11.5 Å². The van der Waals surface area contributed by atoms with Crippen molar-refractivity contribution < 1.29 is 27.3 Å². The number of nitrogens with two attached hydrogens (primary N) is 1. The quantitative estimate of drug-likeness (QED) is 0.356. The number of aliphatic hydroxyl groups excluding tert-OH is 1. The zero-order valence-electron chi connectivity index (χ0n) is 20.5. The van der Waals surface area contributed by atoms with Gasteiger partial charge < -0.3 is 19.9 Å². The molecule has 0 spiro atoms. The molecule has 3 N–H and O–H groups in total. The van der Waals surface area contributed by atoms with E-state index in [1.54, 1.807) is 0 Å². The van der Waals surface area contributed by atoms with E-state index in [1.807, 2.05) is 12.1 Å². The molecule has 2 aliphatic carbocycles. The van der Waals surface area contributed by atoms with Crippen molar-refractivity contribution in [3.05, 3.63) is 46.2 Å². The molecule has 1 saturated carbocycles. The van der Waals surface area contributed by atoms with Crippen LogP contribution in [0.25, 0.3) is 22.7 Å². The summed E-state index contributed by atoms with van der Waals surface area (Å²) in [6.45, 7) is 2.03. The van der Waals surface area contributed by atoms with Gasteiger partial charge in [-0.2, -0.15) is 13.2 Å². The Bertz CT molecular complexity index is 1230. The first kappa shape index (κ1) is 25.0. The fourth-order valence-corrected chi connectivity index (χ4v) is 5.74. The van der Waals surface area contributed by atoms with Crippen LogP contribution in [-0.4, -0.2) is 27.6 Å². The Balaban J connectivity index is 1.44. The molecular formula is C27H32F3N3O3. The van der Waals surface area contributed by atoms with Crippen molar-refractivity contribution in [1.82, 2.24) is 10.3 Å². The van der Waals surface area contributed by atoms with Crippen LogP contribution >= 0.6 is 0 Å². The number of benzene rings is 1. The van der Waals surface area contributed by atoms with Crippen LogP contribution in [0.4, 0.5) is 13.2 Å². The zero-order valence-corrected chi connectivity index (χ0v) is 20.5. The fourth-order valence-electron chi connectivity index (χ4n) is 5.74. The van der Waals surface area contributed by atoms with Crippen LogP contribution < -0.4 is 5.73 Å². The van der Waals surface area contributed by atoms with Gasteiger partial charge in [0.1, 0.15) is 17.0 Å². The molecule has 6 nitrogen and oxygen atoms in total. The highest BCUT2D eigenvalue weighted by atomic mass is 19.4. The minimum absolute atomic E-state index is 0.0259. The van der Waals surface area contributed by atoms with Gasteiger partial charge in [-0.05, 0) is 55.6 Å². The summed E-state index contributed by atoms with van der Waals surface area (Å²) in [5.41, 5.74) is 8.90. The Morgan fingerprint density at radius 1 is 1.11 bits per heavy atom. The lowest BCUT2D eigenvalue weighted by Crippen LogP contribution is -2.40. The highest BCUT2D eigenvalue weighted by Crippen LogP contribution is 2.46. The van der Waals surface area contributed by atoms with Crippen LogP contribution in [0.15, 0.2) is 27.2 Å². The average Bonchev–Trinajstić information content (AvgIpc) is 3.58. The van der Waals surface area contributed by atoms with Gasteiger partial charge in [0, 0.05) is 23.1 Å². The van der Waals surface area contributed by atoms with Crippen molar-refractivity contribution in [2.24, 2.45) is 5.73 Å². The summed E-state index contributed by atoms with van der Waals surface area (Å²) in [5, 5.41) is 17.6. The van der Waals surface area contributed by atoms with E-state index >= 15 is 0 Å². The summed E-state index contributed by atoms with van der Waals surface area (Å²) in [5.74, 6) is 0.180. The van der Waals surface area contributed by atoms with E-state index in [-0.39, 0.29) is 36.2 Å². The second-order valence-corrected chi connectivity index (χ2v) is 10.4. The molecule has 36 heavy (non-hydrogen) atoms. The number of halogens is 3. The molecule has 2 aliphatic rings. The standard InChI is InChI=1S/C27H32F3N3O3/c1-2-3-4-5-6-21-22(27(28,29)30)24(33-35-21)25-20-10-8-17-13-16(7-9-19(17)23(20)32-36-25)18-11-12-26(31,14-18)15-34/h7,9,13,18,34H,2-6,8,10-12,14-15,31H2,1H3. The number of rotatable bonds is 8. The maximum absolute atomic E-state index is 14.1. The van der Waals surface area contributed by atoms with Gasteiger partial charge in [-0.25, -0.2) is 0 Å². The van der Waals surface area contributed by atoms with E-state index in [0.717, 1.165) is 49.7 Å². The maximum atomic E-state index is 14.1. The van der Waals surface area contributed by atoms with E-state index < -0.39 is 17.3 Å². The van der Waals surface area contributed by atoms with Gasteiger partial charge in [0.25, 0.3) is 0 Å². The van der Waals surface area contributed by atoms with Crippen LogP contribution in [0.5, 0.6) is 0 Å². The molecule has 2 aromatic heterocycles. The Labute approximate surface area is 208 Å². The van der Waals surface area contributed by atoms with E-state index in [9.17, 15) is 18.3 Å². The summed E-state index contributed by atoms with van der Waals surface area (Å²) in [6.07, 6.45) is 2.59. The summed E-state index contributed by atoms with van der Waals surface area (Å²) < 4.78 is 52.9. The van der Waals surface area contributed by atoms with Gasteiger partial charge in [-0.3, -0.25) is 0 Å². The van der Waals surface area contributed by atoms with Crippen LogP contribution in [0, 0.1) is 0 Å². The lowest BCUT2D eigenvalue weighted by molar-refractivity contribution is -0.138. The Hall–Kier alpha value is -2.65. The summed E-state index contributed by atoms with van der Waals surface area (Å²) >= 11 is 0. The first-order valence-corrected chi connectivity index (χ1v) is 12.8. The first-order chi connectivity index (χ1) is 17.2. The minimum atomic E-state index is -4.61. The number of hydrogen-bond acceptors (Lipinski definition) is 6. The van der Waals surface area contributed by atoms with Crippen LogP contribution in [0.3, 0.4) is 0 Å². The van der Waals surface area contributed by atoms with Crippen molar-refractivity contribution in [3.63, 3.8) is 0 Å². The molecule has 2 atom stereocenters. The lowest BCUT2D eigenvalue weighted by atomic mass is 9.84. The molecule has 5 rings (SSSR count). The third kappa shape index (κ3) is 4.59. The highest BCUT2D eigenvalue weighted by Gasteiger charge is 2.43. The number of aliphatic hydroxyl groups is 1. The molecule has 1 aromatic carbocycles. The first-order valence-electron chi connectivity index (χ1n) is 12.8. The van der Waals surface area contributed by atoms with Crippen molar-refractivity contribution in [1.29, 1.82) is 0 Å². The molecule has 0 radical (unpaired) electrons. The van der Waals surface area contributed by atoms with Gasteiger partial charge in [-0.1, -0.05) is 54.7 Å². The minimum Gasteiger partial charge on any atom is -0.394 e. The second-order valence-electron chi connectivity index (χ2n) is 10.4. The third-order valence-electron chi connectivity index (χ3n) is 7.77. The highest BCUT2D eigenvalue weighted by molar-refractivity contribution is 5.77. The number of nitrogens with zero attached hydrogens (tertiary/aromatic N) is 2. The monoisotopic (exact) mass is 503 g/mol. The molecule has 0 amide bonds. The molecule has 2 heterocycles. The maximum Gasteiger partial charge on any atom is 0.422 e. The normalized spacial score (nSPS) is 21.6. The number of aromatic nitrogens is 2. The van der Waals surface area contributed by atoms with E-state index in [2.05, 4.69) is 23.3 Å². The van der Waals surface area contributed by atoms with Gasteiger partial charge >= 0.3 is 6.18 Å². The van der Waals surface area contributed by atoms with Gasteiger partial charge in [-0.15, -0.1) is 0 Å². The average molecular weight is 504 g/mol. The van der Waals surface area contributed by atoms with Crippen molar-refractivity contribution in [3.8, 4) is 22.7 Å². The topological polar surface area (TPSA) is 98.3 Å². The number of fused-ring (bicyclic) bond motifs is 3. The van der Waals surface area contributed by atoms with E-state index in [4.69, 9.17) is 14.8 Å². The summed E-state index contributed by atoms with van der Waals surface area (Å²) in [4.78, 5) is 0. The Morgan fingerprint density at radius 2 is 1.92 bits per heavy atom. The van der Waals surface area contributed by atoms with Gasteiger partial charge in [0.05, 0.1) is 6.61 Å². The van der Waals surface area contributed by atoms with E-state index in [0.29, 0.717) is 30.5 Å². The van der Waals surface area contributed by atoms with Crippen LogP contribution in [0.1, 0.15) is 85.8 Å². The predicted octanol–water partition coefficient (Wildman–Crippen LogP) is 6.19. The molecule has 194 valence electrons. The zero-order chi connectivity index (χ0) is 25.5. The molecular weight excluding hydrogens is 471 g/mol. The third-order valence-corrected chi connectivity index (χ3v) is 7.77. The number of hydrogen-bond donors (Lipinski definition) is 2. The smallest absolute Gasteiger partial charge is 0.394 e. The predicted molar refractivity (Wildman–Crippen MR) is 128 cm³/mol. The molecule has 0 aliphatic heterocycles. The van der Waals surface area contributed by atoms with Crippen molar-refractivity contribution in [2.45, 2.75) is 88.8 Å². The Kier molecular flexibility index (Phi) is 6.72. The number of alkyl halides is 3. The second kappa shape index (κ2) is 9.67. The number of unbranched alkanes of at least 4 members (excludes halogenated alkanes) is 3. The van der Waals surface area contributed by atoms with Crippen LogP contribution in [-0.2, 0) is 25.4 Å². The van der Waals surface area contributed by atoms with E-state index in [1.165, 1.54) is 5.56 Å². The Morgan fingerprint density at radius 3 is 2.64 bits per heavy atom. The number of aryl methyl sites for hydroxylation is 2. The molecule has 2 unspecified atom stereocenters. The molecule has 3 aromatic rings. The summed E-state index contributed by atoms with van der Waals surface area (Å²) in [7, 11) is 0. The SMILES string of the molecule is CCCCCCc1onc(-c2onc3c2CCc2cc(C4CCC(N)(CO)C4)ccc2-3)c1C(F)(F)F. The summed E-state index contributed by atoms with van der Waals surface area (Å²) in [6, 6.07) is 6.14. The lowest BCUT2D eigenvalue weighted by Gasteiger charge is -2.22. The largest absolute Gasteiger partial charge is 0.422 e. The van der Waals surface area contributed by atoms with Gasteiger partial charge in [0.2, 0.25) is 0 Å². The van der Waals surface area contributed by atoms with Crippen molar-refractivity contribution in [2.75, 3.05) is 6.61 Å². The molecule has 0 bridgehead atoms. The van der Waals surface area contributed by atoms with Crippen LogP contribution in [0.2, 0.25) is 0 Å². The molecule has 0 saturated heterocycles. The molecule has 9 heteroatoms. The van der Waals surface area contributed by atoms with Crippen molar-refractivity contribution >= 4 is 0 Å².